The summed E-state index contributed by atoms with van der Waals surface area (Å²) in [5.41, 5.74) is 0.207. The van der Waals surface area contributed by atoms with Gasteiger partial charge in [0, 0.05) is 37.4 Å². The third-order valence-electron chi connectivity index (χ3n) is 7.92. The van der Waals surface area contributed by atoms with E-state index in [-0.39, 0.29) is 30.7 Å². The number of nitrogens with zero attached hydrogens (tertiary/aromatic N) is 7. The first-order valence-corrected chi connectivity index (χ1v) is 14.0. The molecule has 2 saturated carbocycles. The number of anilines is 2. The van der Waals surface area contributed by atoms with Gasteiger partial charge in [-0.05, 0) is 97.4 Å². The van der Waals surface area contributed by atoms with Crippen molar-refractivity contribution >= 4 is 11.8 Å². The summed E-state index contributed by atoms with van der Waals surface area (Å²) < 4.78 is 81.6. The predicted molar refractivity (Wildman–Crippen MR) is 139 cm³/mol. The van der Waals surface area contributed by atoms with Crippen LogP contribution in [0.4, 0.5) is 38.1 Å². The Kier molecular flexibility index (Phi) is 7.09. The van der Waals surface area contributed by atoms with Gasteiger partial charge in [-0.15, -0.1) is 5.10 Å². The van der Waals surface area contributed by atoms with Crippen LogP contribution in [0.3, 0.4) is 0 Å². The average Bonchev–Trinajstić information content (AvgIpc) is 3.81. The van der Waals surface area contributed by atoms with Gasteiger partial charge in [-0.2, -0.15) is 31.1 Å². The van der Waals surface area contributed by atoms with E-state index in [9.17, 15) is 26.3 Å². The molecule has 0 unspecified atom stereocenters. The number of tetrazole rings is 1. The molecule has 220 valence electrons. The molecule has 0 N–H and O–H groups in total. The van der Waals surface area contributed by atoms with Crippen LogP contribution in [-0.2, 0) is 45.3 Å². The Labute approximate surface area is 233 Å². The van der Waals surface area contributed by atoms with E-state index >= 15 is 0 Å². The summed E-state index contributed by atoms with van der Waals surface area (Å²) in [6.45, 7) is 1.66. The molecule has 2 aromatic heterocycles. The van der Waals surface area contributed by atoms with Gasteiger partial charge in [-0.1, -0.05) is 5.10 Å². The first kappa shape index (κ1) is 27.8. The maximum Gasteiger partial charge on any atom is 0.416 e. The Hall–Kier alpha value is -3.38. The largest absolute Gasteiger partial charge is 0.416 e. The van der Waals surface area contributed by atoms with Crippen molar-refractivity contribution in [1.29, 1.82) is 0 Å². The molecular weight excluding hydrogens is 548 g/mol. The third kappa shape index (κ3) is 6.59. The zero-order valence-electron chi connectivity index (χ0n) is 22.6. The van der Waals surface area contributed by atoms with Crippen LogP contribution in [0.5, 0.6) is 0 Å². The smallest absolute Gasteiger partial charge is 0.356 e. The molecule has 2 fully saturated rings. The lowest BCUT2D eigenvalue weighted by atomic mass is 10.0. The van der Waals surface area contributed by atoms with Gasteiger partial charge in [0.1, 0.15) is 5.82 Å². The average molecular weight is 580 g/mol. The fourth-order valence-corrected chi connectivity index (χ4v) is 5.51. The third-order valence-corrected chi connectivity index (χ3v) is 7.92. The minimum absolute atomic E-state index is 0.112. The molecule has 3 aromatic rings. The van der Waals surface area contributed by atoms with Crippen LogP contribution < -0.4 is 9.80 Å². The highest BCUT2D eigenvalue weighted by Gasteiger charge is 2.37. The van der Waals surface area contributed by atoms with E-state index in [1.807, 2.05) is 0 Å². The molecule has 0 radical (unpaired) electrons. The minimum atomic E-state index is -4.94. The lowest BCUT2D eigenvalue weighted by Crippen LogP contribution is -2.32. The molecule has 41 heavy (non-hydrogen) atoms. The molecule has 1 aromatic carbocycles. The molecule has 7 nitrogen and oxygen atoms in total. The van der Waals surface area contributed by atoms with Gasteiger partial charge < -0.3 is 9.80 Å². The second-order valence-corrected chi connectivity index (χ2v) is 11.6. The summed E-state index contributed by atoms with van der Waals surface area (Å²) in [6, 6.07) is 3.76. The van der Waals surface area contributed by atoms with Crippen molar-refractivity contribution in [2.45, 2.75) is 70.4 Å². The summed E-state index contributed by atoms with van der Waals surface area (Å²) in [7, 11) is 1.55. The second kappa shape index (κ2) is 10.5. The Bertz CT molecular complexity index is 1360. The van der Waals surface area contributed by atoms with Gasteiger partial charge in [0.15, 0.2) is 0 Å². The van der Waals surface area contributed by atoms with E-state index < -0.39 is 23.5 Å². The first-order chi connectivity index (χ1) is 19.4. The number of hydrogen-bond donors (Lipinski definition) is 0. The van der Waals surface area contributed by atoms with Crippen molar-refractivity contribution in [2.75, 3.05) is 22.9 Å². The van der Waals surface area contributed by atoms with Crippen LogP contribution in [0, 0.1) is 11.8 Å². The fourth-order valence-electron chi connectivity index (χ4n) is 5.51. The number of fused-ring (bicyclic) bond motifs is 1. The van der Waals surface area contributed by atoms with Crippen molar-refractivity contribution < 1.29 is 26.3 Å². The van der Waals surface area contributed by atoms with Crippen molar-refractivity contribution in [1.82, 2.24) is 25.2 Å². The lowest BCUT2D eigenvalue weighted by molar-refractivity contribution is -0.143. The molecule has 3 aliphatic rings. The first-order valence-electron chi connectivity index (χ1n) is 14.0. The molecule has 0 spiro atoms. The van der Waals surface area contributed by atoms with Crippen molar-refractivity contribution in [2.24, 2.45) is 18.9 Å². The second-order valence-electron chi connectivity index (χ2n) is 11.6. The van der Waals surface area contributed by atoms with Crippen molar-refractivity contribution in [3.8, 4) is 0 Å². The minimum Gasteiger partial charge on any atom is -0.356 e. The van der Waals surface area contributed by atoms with Crippen LogP contribution in [-0.4, -0.2) is 38.3 Å². The molecule has 0 saturated heterocycles. The molecule has 13 heteroatoms. The highest BCUT2D eigenvalue weighted by atomic mass is 19.4. The Morgan fingerprint density at radius 2 is 1.46 bits per heavy atom. The van der Waals surface area contributed by atoms with Gasteiger partial charge in [0.05, 0.1) is 18.2 Å². The molecule has 0 bridgehead atoms. The maximum absolute atomic E-state index is 13.6. The van der Waals surface area contributed by atoms with E-state index in [4.69, 9.17) is 4.98 Å². The van der Waals surface area contributed by atoms with E-state index in [1.165, 1.54) is 30.5 Å². The summed E-state index contributed by atoms with van der Waals surface area (Å²) in [5.74, 6) is 2.18. The standard InChI is InChI=1S/C28H31F6N7/c1-39-37-26(36-38-39)41(15-19-9-22(27(29,30)31)12-23(10-19)28(32,33)34)16-21-11-20-3-2-4-24(20)35-25(21)40(13-17-5-6-17)14-18-7-8-18/h9-12,17-18H,2-8,13-16H2,1H3. The molecule has 0 atom stereocenters. The van der Waals surface area contributed by atoms with Crippen molar-refractivity contribution in [3.63, 3.8) is 0 Å². The normalized spacial score (nSPS) is 17.1. The van der Waals surface area contributed by atoms with Crippen LogP contribution >= 0.6 is 0 Å². The summed E-state index contributed by atoms with van der Waals surface area (Å²) in [6.07, 6.45) is -2.40. The Morgan fingerprint density at radius 3 is 2.00 bits per heavy atom. The SMILES string of the molecule is Cn1nnc(N(Cc2cc(C(F)(F)F)cc(C(F)(F)F)c2)Cc2cc3c(nc2N(CC2CC2)CC2CC2)CCC3)n1. The van der Waals surface area contributed by atoms with E-state index in [0.717, 1.165) is 67.1 Å². The summed E-state index contributed by atoms with van der Waals surface area (Å²) in [4.78, 5) is 10.2. The van der Waals surface area contributed by atoms with Gasteiger partial charge in [0.2, 0.25) is 0 Å². The monoisotopic (exact) mass is 579 g/mol. The number of pyridine rings is 1. The number of benzene rings is 1. The van der Waals surface area contributed by atoms with E-state index in [0.29, 0.717) is 11.8 Å². The van der Waals surface area contributed by atoms with Crippen LogP contribution in [0.2, 0.25) is 0 Å². The number of aromatic nitrogens is 5. The number of rotatable bonds is 10. The summed E-state index contributed by atoms with van der Waals surface area (Å²) in [5, 5.41) is 12.2. The highest BCUT2D eigenvalue weighted by molar-refractivity contribution is 5.53. The number of hydrogen-bond acceptors (Lipinski definition) is 6. The zero-order valence-corrected chi connectivity index (χ0v) is 22.6. The Morgan fingerprint density at radius 1 is 0.829 bits per heavy atom. The molecule has 2 heterocycles. The van der Waals surface area contributed by atoms with Crippen LogP contribution in [0.25, 0.3) is 0 Å². The van der Waals surface area contributed by atoms with Gasteiger partial charge in [0.25, 0.3) is 5.95 Å². The van der Waals surface area contributed by atoms with Gasteiger partial charge in [-0.3, -0.25) is 0 Å². The highest BCUT2D eigenvalue weighted by Crippen LogP contribution is 2.39. The number of aryl methyl sites for hydroxylation is 3. The van der Waals surface area contributed by atoms with E-state index in [2.05, 4.69) is 26.4 Å². The number of halogens is 6. The lowest BCUT2D eigenvalue weighted by Gasteiger charge is -2.29. The van der Waals surface area contributed by atoms with Crippen LogP contribution in [0.1, 0.15) is 65.6 Å². The van der Waals surface area contributed by atoms with Crippen molar-refractivity contribution in [3.05, 3.63) is 57.8 Å². The zero-order chi connectivity index (χ0) is 28.9. The molecule has 0 aliphatic heterocycles. The summed E-state index contributed by atoms with van der Waals surface area (Å²) >= 11 is 0. The topological polar surface area (TPSA) is 63.0 Å². The van der Waals surface area contributed by atoms with Crippen LogP contribution in [0.15, 0.2) is 24.3 Å². The van der Waals surface area contributed by atoms with Gasteiger partial charge >= 0.3 is 12.4 Å². The fraction of sp³-hybridized carbons (Fsp3) is 0.571. The quantitative estimate of drug-likeness (QED) is 0.276. The van der Waals surface area contributed by atoms with Gasteiger partial charge in [-0.25, -0.2) is 4.98 Å². The molecular formula is C28H31F6N7. The number of alkyl halides is 6. The maximum atomic E-state index is 13.6. The molecule has 6 rings (SSSR count). The van der Waals surface area contributed by atoms with E-state index in [1.54, 1.807) is 11.9 Å². The Balaban J connectivity index is 1.39. The molecule has 0 amide bonds. The predicted octanol–water partition coefficient (Wildman–Crippen LogP) is 5.96. The molecule has 3 aliphatic carbocycles.